The van der Waals surface area contributed by atoms with Gasteiger partial charge in [-0.15, -0.1) is 0 Å². The van der Waals surface area contributed by atoms with Crippen LogP contribution in [-0.2, 0) is 19.4 Å². The second kappa shape index (κ2) is 6.85. The van der Waals surface area contributed by atoms with E-state index >= 15 is 0 Å². The first kappa shape index (κ1) is 15.0. The summed E-state index contributed by atoms with van der Waals surface area (Å²) in [5.74, 6) is 0. The van der Waals surface area contributed by atoms with Crippen LogP contribution in [0.25, 0.3) is 11.3 Å². The molecule has 4 heteroatoms. The largest absolute Gasteiger partial charge is 0.271 e. The smallest absolute Gasteiger partial charge is 0.267 e. The monoisotopic (exact) mass is 281 g/mol. The van der Waals surface area contributed by atoms with Crippen molar-refractivity contribution in [3.05, 3.63) is 51.8 Å². The topological polar surface area (TPSA) is 58.7 Å². The quantitative estimate of drug-likeness (QED) is 0.846. The molecule has 2 aromatic rings. The zero-order valence-electron chi connectivity index (χ0n) is 12.5. The predicted octanol–water partition coefficient (Wildman–Crippen LogP) is 2.95. The van der Waals surface area contributed by atoms with Gasteiger partial charge in [-0.1, -0.05) is 38.1 Å². The van der Waals surface area contributed by atoms with Crippen LogP contribution in [0.1, 0.15) is 31.4 Å². The summed E-state index contributed by atoms with van der Waals surface area (Å²) in [5, 5.41) is 13.3. The van der Waals surface area contributed by atoms with Gasteiger partial charge >= 0.3 is 0 Å². The fraction of sp³-hybridized carbons (Fsp3) is 0.353. The Morgan fingerprint density at radius 1 is 1.24 bits per heavy atom. The first-order valence-electron chi connectivity index (χ1n) is 7.26. The summed E-state index contributed by atoms with van der Waals surface area (Å²) < 4.78 is 1.47. The molecule has 0 aliphatic rings. The third-order valence-electron chi connectivity index (χ3n) is 3.41. The minimum atomic E-state index is -0.160. The lowest BCUT2D eigenvalue weighted by Gasteiger charge is -2.09. The van der Waals surface area contributed by atoms with Gasteiger partial charge < -0.3 is 0 Å². The standard InChI is InChI=1S/C17H19N3O/c1-3-11-20-17(21)15(9-10-18)12-16(19-20)14-7-5-13(4-2)6-8-14/h5-8,12H,3-4,9,11H2,1-2H3. The molecule has 0 atom stereocenters. The van der Waals surface area contributed by atoms with Crippen LogP contribution in [0.2, 0.25) is 0 Å². The first-order valence-corrected chi connectivity index (χ1v) is 7.26. The summed E-state index contributed by atoms with van der Waals surface area (Å²) in [5.41, 5.74) is 3.33. The van der Waals surface area contributed by atoms with E-state index in [4.69, 9.17) is 5.26 Å². The highest BCUT2D eigenvalue weighted by molar-refractivity contribution is 5.59. The molecule has 2 rings (SSSR count). The normalized spacial score (nSPS) is 10.3. The minimum Gasteiger partial charge on any atom is -0.267 e. The van der Waals surface area contributed by atoms with E-state index in [9.17, 15) is 4.79 Å². The van der Waals surface area contributed by atoms with Crippen molar-refractivity contribution in [1.29, 1.82) is 5.26 Å². The maximum absolute atomic E-state index is 12.2. The summed E-state index contributed by atoms with van der Waals surface area (Å²) >= 11 is 0. The summed E-state index contributed by atoms with van der Waals surface area (Å²) in [6, 6.07) is 11.9. The van der Waals surface area contributed by atoms with Gasteiger partial charge in [-0.3, -0.25) is 4.79 Å². The number of aromatic nitrogens is 2. The number of rotatable bonds is 5. The molecule has 1 aromatic heterocycles. The third-order valence-corrected chi connectivity index (χ3v) is 3.41. The molecule has 1 heterocycles. The molecule has 0 aliphatic heterocycles. The highest BCUT2D eigenvalue weighted by Gasteiger charge is 2.09. The van der Waals surface area contributed by atoms with Crippen molar-refractivity contribution in [2.45, 2.75) is 39.7 Å². The van der Waals surface area contributed by atoms with E-state index in [-0.39, 0.29) is 12.0 Å². The molecule has 0 amide bonds. The Kier molecular flexibility index (Phi) is 4.89. The highest BCUT2D eigenvalue weighted by atomic mass is 16.1. The van der Waals surface area contributed by atoms with Crippen LogP contribution in [0.5, 0.6) is 0 Å². The molecular formula is C17H19N3O. The van der Waals surface area contributed by atoms with E-state index in [1.165, 1.54) is 10.2 Å². The molecule has 4 nitrogen and oxygen atoms in total. The molecule has 0 radical (unpaired) electrons. The van der Waals surface area contributed by atoms with Gasteiger partial charge in [0, 0.05) is 17.7 Å². The molecule has 0 saturated carbocycles. The molecule has 0 aliphatic carbocycles. The van der Waals surface area contributed by atoms with Crippen molar-refractivity contribution in [2.24, 2.45) is 0 Å². The Morgan fingerprint density at radius 3 is 2.52 bits per heavy atom. The Hall–Kier alpha value is -2.41. The third kappa shape index (κ3) is 3.38. The van der Waals surface area contributed by atoms with Crippen LogP contribution in [0.15, 0.2) is 35.1 Å². The molecule has 1 aromatic carbocycles. The van der Waals surface area contributed by atoms with Gasteiger partial charge in [0.25, 0.3) is 5.56 Å². The molecule has 0 N–H and O–H groups in total. The van der Waals surface area contributed by atoms with Crippen LogP contribution in [-0.4, -0.2) is 9.78 Å². The van der Waals surface area contributed by atoms with E-state index in [0.717, 1.165) is 24.1 Å². The second-order valence-corrected chi connectivity index (χ2v) is 4.97. The molecule has 108 valence electrons. The van der Waals surface area contributed by atoms with Crippen LogP contribution in [0, 0.1) is 11.3 Å². The zero-order chi connectivity index (χ0) is 15.2. The fourth-order valence-electron chi connectivity index (χ4n) is 2.22. The van der Waals surface area contributed by atoms with E-state index in [1.807, 2.05) is 25.1 Å². The van der Waals surface area contributed by atoms with Crippen molar-refractivity contribution < 1.29 is 0 Å². The fourth-order valence-corrected chi connectivity index (χ4v) is 2.22. The summed E-state index contributed by atoms with van der Waals surface area (Å²) in [7, 11) is 0. The average molecular weight is 281 g/mol. The zero-order valence-corrected chi connectivity index (χ0v) is 12.5. The molecule has 0 spiro atoms. The molecular weight excluding hydrogens is 262 g/mol. The van der Waals surface area contributed by atoms with Crippen molar-refractivity contribution in [2.75, 3.05) is 0 Å². The van der Waals surface area contributed by atoms with Gasteiger partial charge in [-0.2, -0.15) is 10.4 Å². The molecule has 0 unspecified atom stereocenters. The highest BCUT2D eigenvalue weighted by Crippen LogP contribution is 2.18. The van der Waals surface area contributed by atoms with Crippen molar-refractivity contribution in [1.82, 2.24) is 9.78 Å². The number of nitrogens with zero attached hydrogens (tertiary/aromatic N) is 3. The lowest BCUT2D eigenvalue weighted by molar-refractivity contribution is 0.566. The van der Waals surface area contributed by atoms with Crippen LogP contribution >= 0.6 is 0 Å². The molecule has 0 fully saturated rings. The Labute approximate surface area is 124 Å². The molecule has 0 bridgehead atoms. The van der Waals surface area contributed by atoms with Gasteiger partial charge in [-0.25, -0.2) is 4.68 Å². The summed E-state index contributed by atoms with van der Waals surface area (Å²) in [4.78, 5) is 12.2. The van der Waals surface area contributed by atoms with Crippen LogP contribution in [0.3, 0.4) is 0 Å². The Balaban J connectivity index is 2.51. The van der Waals surface area contributed by atoms with Gasteiger partial charge in [-0.05, 0) is 24.5 Å². The first-order chi connectivity index (χ1) is 10.2. The summed E-state index contributed by atoms with van der Waals surface area (Å²) in [6.07, 6.45) is 1.94. The Morgan fingerprint density at radius 2 is 1.95 bits per heavy atom. The lowest BCUT2D eigenvalue weighted by Crippen LogP contribution is -2.26. The lowest BCUT2D eigenvalue weighted by atomic mass is 10.1. The Bertz CT molecular complexity index is 708. The number of hydrogen-bond acceptors (Lipinski definition) is 3. The van der Waals surface area contributed by atoms with Gasteiger partial charge in [0.15, 0.2) is 0 Å². The predicted molar refractivity (Wildman–Crippen MR) is 82.9 cm³/mol. The van der Waals surface area contributed by atoms with Gasteiger partial charge in [0.05, 0.1) is 18.2 Å². The SMILES string of the molecule is CCCn1nc(-c2ccc(CC)cc2)cc(CC#N)c1=O. The average Bonchev–Trinajstić information content (AvgIpc) is 2.51. The maximum atomic E-state index is 12.2. The van der Waals surface area contributed by atoms with Crippen LogP contribution < -0.4 is 5.56 Å². The number of hydrogen-bond donors (Lipinski definition) is 0. The van der Waals surface area contributed by atoms with E-state index < -0.39 is 0 Å². The van der Waals surface area contributed by atoms with Gasteiger partial charge in [0.2, 0.25) is 0 Å². The molecule has 21 heavy (non-hydrogen) atoms. The van der Waals surface area contributed by atoms with Crippen molar-refractivity contribution >= 4 is 0 Å². The van der Waals surface area contributed by atoms with E-state index in [2.05, 4.69) is 24.2 Å². The van der Waals surface area contributed by atoms with E-state index in [0.29, 0.717) is 12.1 Å². The minimum absolute atomic E-state index is 0.116. The van der Waals surface area contributed by atoms with Crippen LogP contribution in [0.4, 0.5) is 0 Å². The number of nitriles is 1. The summed E-state index contributed by atoms with van der Waals surface area (Å²) in [6.45, 7) is 4.68. The molecule has 0 saturated heterocycles. The number of aryl methyl sites for hydroxylation is 2. The number of benzene rings is 1. The maximum Gasteiger partial charge on any atom is 0.271 e. The van der Waals surface area contributed by atoms with Crippen molar-refractivity contribution in [3.63, 3.8) is 0 Å². The van der Waals surface area contributed by atoms with Crippen molar-refractivity contribution in [3.8, 4) is 17.3 Å². The second-order valence-electron chi connectivity index (χ2n) is 4.97. The van der Waals surface area contributed by atoms with E-state index in [1.54, 1.807) is 6.07 Å². The van der Waals surface area contributed by atoms with Gasteiger partial charge in [0.1, 0.15) is 0 Å².